The van der Waals surface area contributed by atoms with Crippen molar-refractivity contribution in [3.05, 3.63) is 48.9 Å². The van der Waals surface area contributed by atoms with Crippen molar-refractivity contribution in [3.8, 4) is 0 Å². The molecule has 0 aliphatic heterocycles. The minimum absolute atomic E-state index is 0.0910. The Morgan fingerprint density at radius 2 is 2.06 bits per heavy atom. The van der Waals surface area contributed by atoms with Gasteiger partial charge < -0.3 is 0 Å². The maximum absolute atomic E-state index is 11.6. The smallest absolute Gasteiger partial charge is 0.229 e. The highest BCUT2D eigenvalue weighted by atomic mass is 16.2. The average Bonchev–Trinajstić information content (AvgIpc) is 2.31. The highest BCUT2D eigenvalue weighted by molar-refractivity contribution is 5.97. The van der Waals surface area contributed by atoms with Crippen LogP contribution in [-0.4, -0.2) is 15.9 Å². The van der Waals surface area contributed by atoms with E-state index in [-0.39, 0.29) is 5.91 Å². The summed E-state index contributed by atoms with van der Waals surface area (Å²) in [7, 11) is 0. The van der Waals surface area contributed by atoms with Gasteiger partial charge in [-0.05, 0) is 24.3 Å². The van der Waals surface area contributed by atoms with Crippen LogP contribution in [0.15, 0.2) is 48.9 Å². The molecule has 2 heterocycles. The third-order valence-corrected chi connectivity index (χ3v) is 2.10. The zero-order chi connectivity index (χ0) is 11.4. The molecule has 0 spiro atoms. The summed E-state index contributed by atoms with van der Waals surface area (Å²) in [5.41, 5.74) is 0.716. The molecule has 0 unspecified atom stereocenters. The Balaban J connectivity index is 2.44. The second kappa shape index (κ2) is 4.53. The average molecular weight is 213 g/mol. The number of aromatic nitrogens is 2. The van der Waals surface area contributed by atoms with Crippen molar-refractivity contribution >= 4 is 17.4 Å². The van der Waals surface area contributed by atoms with Crippen LogP contribution in [0.5, 0.6) is 0 Å². The fraction of sp³-hybridized carbons (Fsp3) is 0.0833. The molecular weight excluding hydrogens is 202 g/mol. The minimum atomic E-state index is -0.0910. The third-order valence-electron chi connectivity index (χ3n) is 2.10. The number of rotatable bonds is 2. The molecular formula is C12H11N3O. The molecule has 0 aliphatic carbocycles. The molecule has 80 valence electrons. The van der Waals surface area contributed by atoms with Gasteiger partial charge in [-0.1, -0.05) is 6.07 Å². The van der Waals surface area contributed by atoms with Gasteiger partial charge in [0, 0.05) is 19.3 Å². The number of anilines is 2. The quantitative estimate of drug-likeness (QED) is 0.768. The molecule has 4 nitrogen and oxygen atoms in total. The largest absolute Gasteiger partial charge is 0.274 e. The molecule has 0 aromatic carbocycles. The van der Waals surface area contributed by atoms with E-state index >= 15 is 0 Å². The topological polar surface area (TPSA) is 46.1 Å². The Bertz CT molecular complexity index is 431. The molecule has 0 saturated heterocycles. The van der Waals surface area contributed by atoms with E-state index < -0.39 is 0 Å². The van der Waals surface area contributed by atoms with E-state index in [2.05, 4.69) is 9.97 Å². The number of carbonyl (C=O) groups is 1. The Kier molecular flexibility index (Phi) is 2.91. The second-order valence-corrected chi connectivity index (χ2v) is 3.25. The number of nitrogens with zero attached hydrogens (tertiary/aromatic N) is 3. The van der Waals surface area contributed by atoms with Gasteiger partial charge in [-0.15, -0.1) is 0 Å². The van der Waals surface area contributed by atoms with E-state index in [1.54, 1.807) is 30.7 Å². The first-order valence-electron chi connectivity index (χ1n) is 4.91. The van der Waals surface area contributed by atoms with Crippen LogP contribution in [0.1, 0.15) is 6.92 Å². The Labute approximate surface area is 93.6 Å². The van der Waals surface area contributed by atoms with Gasteiger partial charge in [-0.3, -0.25) is 14.7 Å². The zero-order valence-corrected chi connectivity index (χ0v) is 8.87. The lowest BCUT2D eigenvalue weighted by molar-refractivity contribution is -0.115. The summed E-state index contributed by atoms with van der Waals surface area (Å²) in [6.45, 7) is 1.50. The molecule has 2 aromatic heterocycles. The van der Waals surface area contributed by atoms with Crippen LogP contribution in [0, 0.1) is 0 Å². The first-order chi connectivity index (χ1) is 7.79. The fourth-order valence-corrected chi connectivity index (χ4v) is 1.45. The molecule has 0 radical (unpaired) electrons. The van der Waals surface area contributed by atoms with Crippen LogP contribution < -0.4 is 4.90 Å². The maximum Gasteiger partial charge on any atom is 0.229 e. The lowest BCUT2D eigenvalue weighted by Gasteiger charge is -2.19. The predicted octanol–water partition coefficient (Wildman–Crippen LogP) is 2.16. The molecule has 2 aromatic rings. The molecule has 2 rings (SSSR count). The summed E-state index contributed by atoms with van der Waals surface area (Å²) in [6, 6.07) is 9.05. The Morgan fingerprint density at radius 3 is 2.62 bits per heavy atom. The Morgan fingerprint density at radius 1 is 1.19 bits per heavy atom. The zero-order valence-electron chi connectivity index (χ0n) is 8.87. The van der Waals surface area contributed by atoms with Crippen LogP contribution in [0.3, 0.4) is 0 Å². The van der Waals surface area contributed by atoms with E-state index in [1.807, 2.05) is 18.2 Å². The van der Waals surface area contributed by atoms with Crippen LogP contribution in [-0.2, 0) is 4.79 Å². The summed E-state index contributed by atoms with van der Waals surface area (Å²) in [5, 5.41) is 0. The third kappa shape index (κ3) is 2.06. The monoisotopic (exact) mass is 213 g/mol. The first kappa shape index (κ1) is 10.3. The summed E-state index contributed by atoms with van der Waals surface area (Å²) in [4.78, 5) is 21.3. The number of pyridine rings is 2. The molecule has 16 heavy (non-hydrogen) atoms. The molecule has 0 N–H and O–H groups in total. The van der Waals surface area contributed by atoms with Gasteiger partial charge in [0.25, 0.3) is 0 Å². The van der Waals surface area contributed by atoms with Crippen molar-refractivity contribution < 1.29 is 4.79 Å². The molecule has 0 bridgehead atoms. The van der Waals surface area contributed by atoms with Crippen molar-refractivity contribution in [3.63, 3.8) is 0 Å². The minimum Gasteiger partial charge on any atom is -0.274 e. The van der Waals surface area contributed by atoms with Crippen molar-refractivity contribution in [1.29, 1.82) is 0 Å². The van der Waals surface area contributed by atoms with Crippen molar-refractivity contribution in [2.45, 2.75) is 6.92 Å². The van der Waals surface area contributed by atoms with E-state index in [9.17, 15) is 4.79 Å². The van der Waals surface area contributed by atoms with Crippen molar-refractivity contribution in [2.24, 2.45) is 0 Å². The van der Waals surface area contributed by atoms with Crippen molar-refractivity contribution in [2.75, 3.05) is 4.90 Å². The first-order valence-corrected chi connectivity index (χ1v) is 4.91. The second-order valence-electron chi connectivity index (χ2n) is 3.25. The lowest BCUT2D eigenvalue weighted by Crippen LogP contribution is -2.23. The standard InChI is InChI=1S/C12H11N3O/c1-10(16)15(11-5-4-7-13-9-11)12-6-2-3-8-14-12/h2-9H,1H3. The highest BCUT2D eigenvalue weighted by Gasteiger charge is 2.14. The summed E-state index contributed by atoms with van der Waals surface area (Å²) in [5.74, 6) is 0.509. The van der Waals surface area contributed by atoms with Gasteiger partial charge in [-0.2, -0.15) is 0 Å². The fourth-order valence-electron chi connectivity index (χ4n) is 1.45. The highest BCUT2D eigenvalue weighted by Crippen LogP contribution is 2.21. The van der Waals surface area contributed by atoms with Gasteiger partial charge in [0.2, 0.25) is 5.91 Å². The molecule has 0 saturated carbocycles. The number of amides is 1. The van der Waals surface area contributed by atoms with E-state index in [0.29, 0.717) is 11.5 Å². The van der Waals surface area contributed by atoms with Gasteiger partial charge in [0.15, 0.2) is 0 Å². The molecule has 4 heteroatoms. The van der Waals surface area contributed by atoms with Gasteiger partial charge in [-0.25, -0.2) is 4.98 Å². The summed E-state index contributed by atoms with van der Waals surface area (Å²) >= 11 is 0. The SMILES string of the molecule is CC(=O)N(c1cccnc1)c1ccccn1. The summed E-state index contributed by atoms with van der Waals surface area (Å²) in [6.07, 6.45) is 4.96. The van der Waals surface area contributed by atoms with E-state index in [4.69, 9.17) is 0 Å². The molecule has 0 aliphatic rings. The van der Waals surface area contributed by atoms with Crippen LogP contribution in [0.4, 0.5) is 11.5 Å². The van der Waals surface area contributed by atoms with Gasteiger partial charge >= 0.3 is 0 Å². The van der Waals surface area contributed by atoms with Crippen molar-refractivity contribution in [1.82, 2.24) is 9.97 Å². The van der Waals surface area contributed by atoms with E-state index in [1.165, 1.54) is 11.8 Å². The van der Waals surface area contributed by atoms with Crippen LogP contribution >= 0.6 is 0 Å². The molecule has 0 fully saturated rings. The number of hydrogen-bond acceptors (Lipinski definition) is 3. The maximum atomic E-state index is 11.6. The normalized spacial score (nSPS) is 9.81. The molecule has 0 atom stereocenters. The predicted molar refractivity (Wildman–Crippen MR) is 61.3 cm³/mol. The number of carbonyl (C=O) groups excluding carboxylic acids is 1. The van der Waals surface area contributed by atoms with Gasteiger partial charge in [0.05, 0.1) is 11.9 Å². The van der Waals surface area contributed by atoms with Crippen LogP contribution in [0.25, 0.3) is 0 Å². The Hall–Kier alpha value is -2.23. The summed E-state index contributed by atoms with van der Waals surface area (Å²) < 4.78 is 0. The lowest BCUT2D eigenvalue weighted by atomic mass is 10.3. The molecule has 1 amide bonds. The van der Waals surface area contributed by atoms with E-state index in [0.717, 1.165) is 0 Å². The van der Waals surface area contributed by atoms with Gasteiger partial charge in [0.1, 0.15) is 5.82 Å². The number of hydrogen-bond donors (Lipinski definition) is 0. The van der Waals surface area contributed by atoms with Crippen LogP contribution in [0.2, 0.25) is 0 Å².